The van der Waals surface area contributed by atoms with Crippen LogP contribution in [-0.2, 0) is 9.84 Å². The van der Waals surface area contributed by atoms with E-state index in [-0.39, 0.29) is 0 Å². The average Bonchev–Trinajstić information content (AvgIpc) is 2.18. The molecule has 0 aliphatic rings. The van der Waals surface area contributed by atoms with Crippen molar-refractivity contribution in [3.05, 3.63) is 29.8 Å². The Kier molecular flexibility index (Phi) is 3.88. The molecule has 1 atom stereocenters. The second kappa shape index (κ2) is 4.77. The molecular formula is C11H17NO2S. The van der Waals surface area contributed by atoms with Gasteiger partial charge in [0, 0.05) is 6.54 Å². The van der Waals surface area contributed by atoms with E-state index in [1.165, 1.54) is 0 Å². The molecule has 3 nitrogen and oxygen atoms in total. The zero-order valence-electron chi connectivity index (χ0n) is 9.32. The van der Waals surface area contributed by atoms with Crippen molar-refractivity contribution in [2.75, 3.05) is 13.6 Å². The fourth-order valence-corrected chi connectivity index (χ4v) is 2.72. The van der Waals surface area contributed by atoms with E-state index >= 15 is 0 Å². The van der Waals surface area contributed by atoms with Gasteiger partial charge < -0.3 is 5.32 Å². The fraction of sp³-hybridized carbons (Fsp3) is 0.455. The molecule has 0 aromatic heterocycles. The summed E-state index contributed by atoms with van der Waals surface area (Å²) in [4.78, 5) is 0.399. The number of nitrogens with one attached hydrogen (secondary N) is 1. The molecule has 1 unspecified atom stereocenters. The third-order valence-corrected chi connectivity index (χ3v) is 4.53. The van der Waals surface area contributed by atoms with Crippen LogP contribution in [0.2, 0.25) is 0 Å². The molecule has 0 fully saturated rings. The van der Waals surface area contributed by atoms with Gasteiger partial charge in [0.15, 0.2) is 9.84 Å². The van der Waals surface area contributed by atoms with Crippen molar-refractivity contribution in [1.29, 1.82) is 0 Å². The molecule has 1 aromatic carbocycles. The van der Waals surface area contributed by atoms with E-state index in [4.69, 9.17) is 0 Å². The van der Waals surface area contributed by atoms with Crippen molar-refractivity contribution < 1.29 is 8.42 Å². The molecule has 0 radical (unpaired) electrons. The molecule has 1 aromatic rings. The van der Waals surface area contributed by atoms with Crippen molar-refractivity contribution >= 4 is 9.84 Å². The minimum atomic E-state index is -3.18. The first-order valence-electron chi connectivity index (χ1n) is 4.93. The lowest BCUT2D eigenvalue weighted by Gasteiger charge is -2.12. The van der Waals surface area contributed by atoms with Crippen LogP contribution in [0.3, 0.4) is 0 Å². The van der Waals surface area contributed by atoms with Gasteiger partial charge in [0.1, 0.15) is 0 Å². The predicted molar refractivity (Wildman–Crippen MR) is 61.8 cm³/mol. The van der Waals surface area contributed by atoms with E-state index < -0.39 is 15.1 Å². The molecule has 0 spiro atoms. The summed E-state index contributed by atoms with van der Waals surface area (Å²) < 4.78 is 24.0. The van der Waals surface area contributed by atoms with E-state index in [0.717, 1.165) is 5.56 Å². The lowest BCUT2D eigenvalue weighted by molar-refractivity contribution is 0.578. The van der Waals surface area contributed by atoms with Crippen LogP contribution in [0.15, 0.2) is 29.2 Å². The van der Waals surface area contributed by atoms with Gasteiger partial charge in [0.05, 0.1) is 10.1 Å². The van der Waals surface area contributed by atoms with Gasteiger partial charge in [-0.2, -0.15) is 0 Å². The summed E-state index contributed by atoms with van der Waals surface area (Å²) >= 11 is 0. The third-order valence-electron chi connectivity index (χ3n) is 2.37. The highest BCUT2D eigenvalue weighted by Crippen LogP contribution is 2.16. The van der Waals surface area contributed by atoms with Crippen molar-refractivity contribution in [2.45, 2.75) is 24.0 Å². The largest absolute Gasteiger partial charge is 0.318 e. The second-order valence-electron chi connectivity index (χ2n) is 3.73. The van der Waals surface area contributed by atoms with E-state index in [9.17, 15) is 8.42 Å². The van der Waals surface area contributed by atoms with Gasteiger partial charge in [0.2, 0.25) is 0 Å². The molecule has 0 heterocycles. The van der Waals surface area contributed by atoms with Crippen LogP contribution in [0.5, 0.6) is 0 Å². The van der Waals surface area contributed by atoms with Gasteiger partial charge in [-0.25, -0.2) is 8.42 Å². The highest BCUT2D eigenvalue weighted by Gasteiger charge is 2.21. The molecule has 0 saturated heterocycles. The SMILES string of the molecule is CNCC(C)S(=O)(=O)c1ccc(C)cc1. The first-order valence-corrected chi connectivity index (χ1v) is 6.48. The van der Waals surface area contributed by atoms with Crippen LogP contribution in [0.4, 0.5) is 0 Å². The predicted octanol–water partition coefficient (Wildman–Crippen LogP) is 1.38. The Labute approximate surface area is 91.4 Å². The molecule has 0 bridgehead atoms. The van der Waals surface area contributed by atoms with E-state index in [1.54, 1.807) is 26.1 Å². The number of benzene rings is 1. The smallest absolute Gasteiger partial charge is 0.182 e. The van der Waals surface area contributed by atoms with Crippen LogP contribution in [0, 0.1) is 6.92 Å². The Morgan fingerprint density at radius 3 is 2.27 bits per heavy atom. The molecule has 15 heavy (non-hydrogen) atoms. The van der Waals surface area contributed by atoms with Crippen LogP contribution in [-0.4, -0.2) is 27.3 Å². The molecular weight excluding hydrogens is 210 g/mol. The van der Waals surface area contributed by atoms with E-state index in [1.807, 2.05) is 19.1 Å². The Hall–Kier alpha value is -0.870. The van der Waals surface area contributed by atoms with E-state index in [0.29, 0.717) is 11.4 Å². The quantitative estimate of drug-likeness (QED) is 0.845. The summed E-state index contributed by atoms with van der Waals surface area (Å²) in [6.07, 6.45) is 0. The number of sulfone groups is 1. The maximum atomic E-state index is 12.0. The monoisotopic (exact) mass is 227 g/mol. The van der Waals surface area contributed by atoms with Crippen molar-refractivity contribution in [2.24, 2.45) is 0 Å². The van der Waals surface area contributed by atoms with Crippen molar-refractivity contribution in [3.8, 4) is 0 Å². The van der Waals surface area contributed by atoms with E-state index in [2.05, 4.69) is 5.32 Å². The standard InChI is InChI=1S/C11H17NO2S/c1-9-4-6-11(7-5-9)15(13,14)10(2)8-12-3/h4-7,10,12H,8H2,1-3H3. The third kappa shape index (κ3) is 2.79. The normalized spacial score (nSPS) is 13.8. The lowest BCUT2D eigenvalue weighted by Crippen LogP contribution is -2.29. The summed E-state index contributed by atoms with van der Waals surface area (Å²) in [7, 11) is -1.43. The molecule has 0 amide bonds. The minimum absolute atomic E-state index is 0.398. The van der Waals surface area contributed by atoms with Gasteiger partial charge in [-0.15, -0.1) is 0 Å². The maximum Gasteiger partial charge on any atom is 0.182 e. The van der Waals surface area contributed by atoms with Gasteiger partial charge in [-0.3, -0.25) is 0 Å². The topological polar surface area (TPSA) is 46.2 Å². The number of aryl methyl sites for hydroxylation is 1. The van der Waals surface area contributed by atoms with Crippen LogP contribution < -0.4 is 5.32 Å². The minimum Gasteiger partial charge on any atom is -0.318 e. The van der Waals surface area contributed by atoms with Gasteiger partial charge in [0.25, 0.3) is 0 Å². The summed E-state index contributed by atoms with van der Waals surface area (Å²) in [5, 5.41) is 2.48. The summed E-state index contributed by atoms with van der Waals surface area (Å²) in [6, 6.07) is 6.96. The van der Waals surface area contributed by atoms with Crippen LogP contribution in [0.1, 0.15) is 12.5 Å². The summed E-state index contributed by atoms with van der Waals surface area (Å²) in [6.45, 7) is 4.12. The van der Waals surface area contributed by atoms with Crippen molar-refractivity contribution in [3.63, 3.8) is 0 Å². The Morgan fingerprint density at radius 2 is 1.80 bits per heavy atom. The number of hydrogen-bond donors (Lipinski definition) is 1. The first kappa shape index (κ1) is 12.2. The van der Waals surface area contributed by atoms with Crippen LogP contribution >= 0.6 is 0 Å². The number of rotatable bonds is 4. The van der Waals surface area contributed by atoms with Crippen molar-refractivity contribution in [1.82, 2.24) is 5.32 Å². The summed E-state index contributed by atoms with van der Waals surface area (Å²) in [5.74, 6) is 0. The highest BCUT2D eigenvalue weighted by molar-refractivity contribution is 7.92. The second-order valence-corrected chi connectivity index (χ2v) is 6.09. The Bertz CT molecular complexity index is 409. The molecule has 1 N–H and O–H groups in total. The first-order chi connectivity index (χ1) is 6.98. The van der Waals surface area contributed by atoms with Gasteiger partial charge in [-0.05, 0) is 33.0 Å². The maximum absolute atomic E-state index is 12.0. The van der Waals surface area contributed by atoms with Crippen LogP contribution in [0.25, 0.3) is 0 Å². The lowest BCUT2D eigenvalue weighted by atomic mass is 10.2. The zero-order valence-corrected chi connectivity index (χ0v) is 10.1. The number of hydrogen-bond acceptors (Lipinski definition) is 3. The molecule has 0 saturated carbocycles. The Balaban J connectivity index is 3.01. The van der Waals surface area contributed by atoms with Gasteiger partial charge >= 0.3 is 0 Å². The highest BCUT2D eigenvalue weighted by atomic mass is 32.2. The molecule has 0 aliphatic carbocycles. The average molecular weight is 227 g/mol. The zero-order chi connectivity index (χ0) is 11.5. The Morgan fingerprint density at radius 1 is 1.27 bits per heavy atom. The fourth-order valence-electron chi connectivity index (χ4n) is 1.36. The summed E-state index contributed by atoms with van der Waals surface area (Å²) in [5.41, 5.74) is 1.07. The molecule has 0 aliphatic heterocycles. The molecule has 4 heteroatoms. The molecule has 1 rings (SSSR count). The van der Waals surface area contributed by atoms with Gasteiger partial charge in [-0.1, -0.05) is 17.7 Å². The molecule has 84 valence electrons.